The molecule has 1 radical (unpaired) electrons. The predicted octanol–water partition coefficient (Wildman–Crippen LogP) is 0.460. The van der Waals surface area contributed by atoms with Gasteiger partial charge in [-0.05, 0) is 0 Å². The normalized spacial score (nSPS) is 1.00. The summed E-state index contributed by atoms with van der Waals surface area (Å²) in [6, 6.07) is 0. The summed E-state index contributed by atoms with van der Waals surface area (Å²) in [6.07, 6.45) is 0. The molecule has 0 aromatic carbocycles. The van der Waals surface area contributed by atoms with Gasteiger partial charge in [0.2, 0.25) is 0 Å². The molecule has 0 unspecified atom stereocenters. The van der Waals surface area contributed by atoms with Crippen molar-refractivity contribution >= 4 is 7.83 Å². The van der Waals surface area contributed by atoms with E-state index in [4.69, 9.17) is 0 Å². The second kappa shape index (κ2) is 81.5. The molecule has 0 saturated carbocycles. The molecule has 0 heterocycles. The third kappa shape index (κ3) is 83.4. The first-order chi connectivity index (χ1) is 1.41. The van der Waals surface area contributed by atoms with E-state index in [-0.39, 0.29) is 415 Å². The van der Waals surface area contributed by atoms with Crippen LogP contribution in [0.5, 0.6) is 0 Å². The van der Waals surface area contributed by atoms with Crippen molar-refractivity contribution in [3.8, 4) is 0 Å². The Morgan fingerprint density at radius 2 is 0.357 bits per heavy atom. The van der Waals surface area contributed by atoms with E-state index in [1.807, 2.05) is 0 Å². The topological polar surface area (TPSA) is 0 Å². The molecule has 0 aromatic heterocycles. The first-order valence-corrected chi connectivity index (χ1v) is 0.436. The molecule has 14 heteroatoms. The van der Waals surface area contributed by atoms with E-state index in [0.717, 1.165) is 0 Å². The van der Waals surface area contributed by atoms with Gasteiger partial charge in [-0.2, -0.15) is 0 Å². The molecular weight excluding hydrogens is 488 g/mol. The van der Waals surface area contributed by atoms with E-state index in [1.54, 1.807) is 0 Å². The van der Waals surface area contributed by atoms with E-state index < -0.39 is 7.83 Å². The van der Waals surface area contributed by atoms with Crippen LogP contribution in [0.1, 0.15) is 0 Å². The minimum Gasteiger partial charge on any atom is -0.289 e. The minimum absolute atomic E-state index is 0. The SMILES string of the molecule is F[B]F.[Ar].[Ar].[Ar].[Ar].[Ar].[Ar].[Ar].[Ar].[Ar].[Ar].[Ar]. The summed E-state index contributed by atoms with van der Waals surface area (Å²) < 4.78 is 19.0. The Bertz CT molecular complexity index is 13.2. The second-order valence-electron chi connectivity index (χ2n) is 0.0825. The van der Waals surface area contributed by atoms with Crippen LogP contribution < -0.4 is 0 Å². The molecule has 0 aliphatic carbocycles. The van der Waals surface area contributed by atoms with Crippen LogP contribution in [-0.4, -0.2) is 7.83 Å². The number of hydrogen-bond acceptors (Lipinski definition) is 0. The number of hydrogen-bond donors (Lipinski definition) is 0. The van der Waals surface area contributed by atoms with Crippen molar-refractivity contribution in [1.82, 2.24) is 0 Å². The molecule has 0 atom stereocenters. The van der Waals surface area contributed by atoms with Crippen LogP contribution in [0.3, 0.4) is 0 Å². The Morgan fingerprint density at radius 3 is 0.357 bits per heavy atom. The first kappa shape index (κ1) is 80.0. The molecule has 0 aliphatic rings. The van der Waals surface area contributed by atoms with E-state index in [1.165, 1.54) is 0 Å². The minimum atomic E-state index is -1.00. The van der Waals surface area contributed by atoms with Gasteiger partial charge in [0.15, 0.2) is 0 Å². The van der Waals surface area contributed by atoms with Crippen LogP contribution in [0.4, 0.5) is 8.63 Å². The smallest absolute Gasteiger partial charge is 0.289 e. The van der Waals surface area contributed by atoms with Crippen LogP contribution >= 0.6 is 0 Å². The summed E-state index contributed by atoms with van der Waals surface area (Å²) in [5.41, 5.74) is 0. The number of halogens is 2. The maximum atomic E-state index is 9.50. The van der Waals surface area contributed by atoms with Crippen molar-refractivity contribution < 1.29 is 424 Å². The molecule has 0 spiro atoms. The molecule has 0 N–H and O–H groups in total. The Balaban J connectivity index is -0.000000000364. The molecular formula is Ar11BF2. The molecule has 105 valence electrons. The summed E-state index contributed by atoms with van der Waals surface area (Å²) in [7, 11) is -1.00. The van der Waals surface area contributed by atoms with Gasteiger partial charge < -0.3 is 0 Å². The Morgan fingerprint density at radius 1 is 0.357 bits per heavy atom. The van der Waals surface area contributed by atoms with Crippen molar-refractivity contribution in [2.75, 3.05) is 0 Å². The van der Waals surface area contributed by atoms with Crippen molar-refractivity contribution in [2.45, 2.75) is 0 Å². The summed E-state index contributed by atoms with van der Waals surface area (Å²) in [5, 5.41) is 0. The molecule has 0 bridgehead atoms. The molecule has 0 aromatic rings. The molecule has 14 heavy (non-hydrogen) atoms. The molecule has 0 rings (SSSR count). The fraction of sp³-hybridized carbons (Fsp3) is 0. The van der Waals surface area contributed by atoms with Crippen molar-refractivity contribution in [2.24, 2.45) is 0 Å². The zero-order chi connectivity index (χ0) is 2.71. The van der Waals surface area contributed by atoms with Crippen LogP contribution in [0.2, 0.25) is 0 Å². The summed E-state index contributed by atoms with van der Waals surface area (Å²) >= 11 is 0. The monoisotopic (exact) mass is 489 g/mol. The fourth-order valence-electron chi connectivity index (χ4n) is 0. The van der Waals surface area contributed by atoms with E-state index in [0.29, 0.717) is 0 Å². The third-order valence-electron chi connectivity index (χ3n) is 0. The molecule has 0 amide bonds. The Hall–Kier alpha value is 13.8. The van der Waals surface area contributed by atoms with E-state index >= 15 is 0 Å². The van der Waals surface area contributed by atoms with Gasteiger partial charge in [-0.1, -0.05) is 0 Å². The summed E-state index contributed by atoms with van der Waals surface area (Å²) in [5.74, 6) is 0. The van der Waals surface area contributed by atoms with Crippen molar-refractivity contribution in [1.29, 1.82) is 0 Å². The maximum absolute atomic E-state index is 9.50. The largest absolute Gasteiger partial charge is 0.577 e. The Labute approximate surface area is 415 Å². The van der Waals surface area contributed by atoms with Gasteiger partial charge in [-0.15, -0.1) is 0 Å². The zero-order valence-electron chi connectivity index (χ0n) is 5.22. The van der Waals surface area contributed by atoms with Gasteiger partial charge in [0.25, 0.3) is 0 Å². The standard InChI is InChI=1S/11Ar.BF2/c;;;;;;;;;;;2-1-3. The molecule has 0 nitrogen and oxygen atoms in total. The van der Waals surface area contributed by atoms with Gasteiger partial charge in [0.1, 0.15) is 0 Å². The van der Waals surface area contributed by atoms with Gasteiger partial charge in [-0.25, -0.2) is 0 Å². The van der Waals surface area contributed by atoms with Gasteiger partial charge >= 0.3 is 7.83 Å². The van der Waals surface area contributed by atoms with Crippen molar-refractivity contribution in [3.05, 3.63) is 0 Å². The third-order valence-corrected chi connectivity index (χ3v) is 0. The zero-order valence-corrected chi connectivity index (χ0v) is 13.0. The van der Waals surface area contributed by atoms with Gasteiger partial charge in [0, 0.05) is 415 Å². The van der Waals surface area contributed by atoms with E-state index in [2.05, 4.69) is 0 Å². The first-order valence-electron chi connectivity index (χ1n) is 0.436. The molecule has 0 aliphatic heterocycles. The fourth-order valence-corrected chi connectivity index (χ4v) is 0. The van der Waals surface area contributed by atoms with Gasteiger partial charge in [-0.3, -0.25) is 8.63 Å². The number of rotatable bonds is 0. The molecule has 0 saturated heterocycles. The Kier molecular flexibility index (Phi) is 466. The van der Waals surface area contributed by atoms with Crippen molar-refractivity contribution in [3.63, 3.8) is 0 Å². The maximum Gasteiger partial charge on any atom is 0.577 e. The summed E-state index contributed by atoms with van der Waals surface area (Å²) in [6.45, 7) is 0. The van der Waals surface area contributed by atoms with E-state index in [9.17, 15) is 8.63 Å². The van der Waals surface area contributed by atoms with Crippen LogP contribution in [0.15, 0.2) is 0 Å². The molecule has 0 fully saturated rings. The summed E-state index contributed by atoms with van der Waals surface area (Å²) in [4.78, 5) is 0. The second-order valence-corrected chi connectivity index (χ2v) is 0.0825. The predicted molar refractivity (Wildman–Crippen MR) is 7.97 cm³/mol. The van der Waals surface area contributed by atoms with Crippen LogP contribution in [-0.2, 0) is 0 Å². The quantitative estimate of drug-likeness (QED) is 0.435. The van der Waals surface area contributed by atoms with Gasteiger partial charge in [0.05, 0.1) is 0 Å². The average molecular weight is 488 g/mol. The van der Waals surface area contributed by atoms with Crippen LogP contribution in [0.25, 0.3) is 0 Å². The van der Waals surface area contributed by atoms with Crippen LogP contribution in [0, 0.1) is 415 Å². The average Bonchev–Trinajstić information content (AvgIpc) is 0.918.